The number of alkyl halides is 3. The summed E-state index contributed by atoms with van der Waals surface area (Å²) in [7, 11) is 0. The van der Waals surface area contributed by atoms with Gasteiger partial charge in [0.25, 0.3) is 0 Å². The van der Waals surface area contributed by atoms with Crippen LogP contribution < -0.4 is 4.74 Å². The van der Waals surface area contributed by atoms with Gasteiger partial charge in [-0.15, -0.1) is 5.10 Å². The van der Waals surface area contributed by atoms with Crippen LogP contribution in [0.3, 0.4) is 0 Å². The van der Waals surface area contributed by atoms with Gasteiger partial charge in [-0.3, -0.25) is 0 Å². The monoisotopic (exact) mass is 369 g/mol. The van der Waals surface area contributed by atoms with E-state index in [0.717, 1.165) is 25.0 Å². The van der Waals surface area contributed by atoms with Crippen LogP contribution in [0.5, 0.6) is 5.88 Å². The van der Waals surface area contributed by atoms with Crippen LogP contribution in [0, 0.1) is 11.6 Å². The van der Waals surface area contributed by atoms with Crippen LogP contribution in [-0.4, -0.2) is 27.5 Å². The molecule has 0 bridgehead atoms. The zero-order valence-electron chi connectivity index (χ0n) is 13.2. The number of ether oxygens (including phenoxy) is 1. The molecule has 0 N–H and O–H groups in total. The summed E-state index contributed by atoms with van der Waals surface area (Å²) < 4.78 is 70.6. The predicted molar refractivity (Wildman–Crippen MR) is 82.7 cm³/mol. The van der Waals surface area contributed by atoms with Crippen molar-refractivity contribution >= 4 is 10.9 Å². The number of rotatable bonds is 4. The van der Waals surface area contributed by atoms with Gasteiger partial charge in [0, 0.05) is 29.1 Å². The fourth-order valence-corrected chi connectivity index (χ4v) is 2.88. The minimum atomic E-state index is -4.49. The summed E-state index contributed by atoms with van der Waals surface area (Å²) >= 11 is 0. The van der Waals surface area contributed by atoms with Crippen LogP contribution >= 0.6 is 0 Å². The van der Waals surface area contributed by atoms with Crippen LogP contribution in [0.2, 0.25) is 0 Å². The van der Waals surface area contributed by atoms with Crippen molar-refractivity contribution in [3.05, 3.63) is 42.1 Å². The fraction of sp³-hybridized carbons (Fsp3) is 0.294. The quantitative estimate of drug-likeness (QED) is 0.629. The SMILES string of the molecule is Fc1cc2cc(-c3cnnc(OCC(F)(F)F)c3)n(C3CC3)c2cc1F. The Labute approximate surface area is 144 Å². The predicted octanol–water partition coefficient (Wildman–Crippen LogP) is 4.65. The molecule has 1 aromatic carbocycles. The summed E-state index contributed by atoms with van der Waals surface area (Å²) in [4.78, 5) is 0. The first-order valence-corrected chi connectivity index (χ1v) is 7.84. The van der Waals surface area contributed by atoms with Crippen molar-refractivity contribution in [2.75, 3.05) is 6.61 Å². The van der Waals surface area contributed by atoms with Crippen molar-refractivity contribution in [1.29, 1.82) is 0 Å². The topological polar surface area (TPSA) is 39.9 Å². The van der Waals surface area contributed by atoms with Gasteiger partial charge in [0.05, 0.1) is 17.4 Å². The van der Waals surface area contributed by atoms with E-state index in [1.807, 2.05) is 4.57 Å². The van der Waals surface area contributed by atoms with E-state index in [4.69, 9.17) is 0 Å². The van der Waals surface area contributed by atoms with E-state index in [1.165, 1.54) is 12.3 Å². The van der Waals surface area contributed by atoms with Gasteiger partial charge in [-0.2, -0.15) is 18.3 Å². The third-order valence-corrected chi connectivity index (χ3v) is 4.10. The molecule has 4 rings (SSSR count). The molecule has 0 saturated heterocycles. The standard InChI is InChI=1S/C17H12F5N3O/c18-12-3-9-4-14(25(11-1-2-11)15(9)6-13(12)19)10-5-16(24-23-7-10)26-8-17(20,21)22/h3-7,11H,1-2,8H2. The number of fused-ring (bicyclic) bond motifs is 1. The molecule has 0 unspecified atom stereocenters. The molecule has 1 fully saturated rings. The zero-order valence-corrected chi connectivity index (χ0v) is 13.2. The molecule has 0 radical (unpaired) electrons. The molecule has 0 aliphatic heterocycles. The van der Waals surface area contributed by atoms with Gasteiger partial charge in [0.2, 0.25) is 5.88 Å². The first-order valence-electron chi connectivity index (χ1n) is 7.84. The van der Waals surface area contributed by atoms with E-state index in [1.54, 1.807) is 6.07 Å². The van der Waals surface area contributed by atoms with Gasteiger partial charge < -0.3 is 9.30 Å². The van der Waals surface area contributed by atoms with E-state index in [2.05, 4.69) is 14.9 Å². The number of hydrogen-bond donors (Lipinski definition) is 0. The average Bonchev–Trinajstić information content (AvgIpc) is 3.35. The second-order valence-electron chi connectivity index (χ2n) is 6.14. The normalized spacial score (nSPS) is 14.8. The molecule has 2 heterocycles. The molecule has 1 aliphatic rings. The van der Waals surface area contributed by atoms with Gasteiger partial charge in [0.1, 0.15) is 0 Å². The van der Waals surface area contributed by atoms with E-state index in [0.29, 0.717) is 22.2 Å². The lowest BCUT2D eigenvalue weighted by molar-refractivity contribution is -0.154. The lowest BCUT2D eigenvalue weighted by Crippen LogP contribution is -2.19. The highest BCUT2D eigenvalue weighted by Crippen LogP contribution is 2.43. The third-order valence-electron chi connectivity index (χ3n) is 4.10. The first-order chi connectivity index (χ1) is 12.3. The van der Waals surface area contributed by atoms with Crippen LogP contribution in [0.1, 0.15) is 18.9 Å². The molecule has 1 saturated carbocycles. The van der Waals surface area contributed by atoms with Crippen molar-refractivity contribution in [2.24, 2.45) is 0 Å². The maximum absolute atomic E-state index is 13.7. The zero-order chi connectivity index (χ0) is 18.5. The second-order valence-corrected chi connectivity index (χ2v) is 6.14. The third kappa shape index (κ3) is 3.21. The summed E-state index contributed by atoms with van der Waals surface area (Å²) in [6, 6.07) is 5.34. The Kier molecular flexibility index (Phi) is 3.82. The summed E-state index contributed by atoms with van der Waals surface area (Å²) in [5.41, 5.74) is 1.58. The Bertz CT molecular complexity index is 978. The lowest BCUT2D eigenvalue weighted by atomic mass is 10.2. The average molecular weight is 369 g/mol. The van der Waals surface area contributed by atoms with Gasteiger partial charge in [-0.05, 0) is 25.0 Å². The smallest absolute Gasteiger partial charge is 0.422 e. The molecule has 0 spiro atoms. The maximum atomic E-state index is 13.7. The largest absolute Gasteiger partial charge is 0.467 e. The number of hydrogen-bond acceptors (Lipinski definition) is 3. The van der Waals surface area contributed by atoms with Gasteiger partial charge >= 0.3 is 6.18 Å². The highest BCUT2D eigenvalue weighted by Gasteiger charge is 2.30. The molecule has 26 heavy (non-hydrogen) atoms. The van der Waals surface area contributed by atoms with E-state index < -0.39 is 24.4 Å². The molecule has 136 valence electrons. The number of aromatic nitrogens is 3. The molecule has 1 aliphatic carbocycles. The minimum Gasteiger partial charge on any atom is -0.467 e. The highest BCUT2D eigenvalue weighted by atomic mass is 19.4. The van der Waals surface area contributed by atoms with E-state index in [-0.39, 0.29) is 11.9 Å². The molecule has 4 nitrogen and oxygen atoms in total. The molecule has 0 amide bonds. The van der Waals surface area contributed by atoms with Crippen LogP contribution in [-0.2, 0) is 0 Å². The molecular weight excluding hydrogens is 357 g/mol. The Morgan fingerprint density at radius 2 is 1.81 bits per heavy atom. The molecular formula is C17H12F5N3O. The molecule has 2 aromatic heterocycles. The van der Waals surface area contributed by atoms with E-state index in [9.17, 15) is 22.0 Å². The minimum absolute atomic E-state index is 0.125. The number of benzene rings is 1. The van der Waals surface area contributed by atoms with Gasteiger partial charge in [0.15, 0.2) is 18.2 Å². The number of halogens is 5. The van der Waals surface area contributed by atoms with Crippen molar-refractivity contribution in [2.45, 2.75) is 25.1 Å². The van der Waals surface area contributed by atoms with Gasteiger partial charge in [-0.25, -0.2) is 8.78 Å². The summed E-state index contributed by atoms with van der Waals surface area (Å²) in [6.45, 7) is -1.48. The summed E-state index contributed by atoms with van der Waals surface area (Å²) in [5.74, 6) is -2.19. The van der Waals surface area contributed by atoms with Crippen molar-refractivity contribution in [3.8, 4) is 17.1 Å². The Morgan fingerprint density at radius 1 is 1.08 bits per heavy atom. The lowest BCUT2D eigenvalue weighted by Gasteiger charge is -2.11. The van der Waals surface area contributed by atoms with Gasteiger partial charge in [-0.1, -0.05) is 0 Å². The Balaban J connectivity index is 1.78. The van der Waals surface area contributed by atoms with Crippen LogP contribution in [0.15, 0.2) is 30.5 Å². The summed E-state index contributed by atoms with van der Waals surface area (Å²) in [6.07, 6.45) is -1.35. The fourth-order valence-electron chi connectivity index (χ4n) is 2.88. The Hall–Kier alpha value is -2.71. The van der Waals surface area contributed by atoms with Crippen LogP contribution in [0.4, 0.5) is 22.0 Å². The molecule has 9 heteroatoms. The van der Waals surface area contributed by atoms with Crippen LogP contribution in [0.25, 0.3) is 22.2 Å². The molecule has 3 aromatic rings. The van der Waals surface area contributed by atoms with E-state index >= 15 is 0 Å². The highest BCUT2D eigenvalue weighted by molar-refractivity contribution is 5.87. The van der Waals surface area contributed by atoms with Crippen molar-refractivity contribution in [1.82, 2.24) is 14.8 Å². The Morgan fingerprint density at radius 3 is 2.50 bits per heavy atom. The van der Waals surface area contributed by atoms with Crippen molar-refractivity contribution in [3.63, 3.8) is 0 Å². The van der Waals surface area contributed by atoms with Crippen molar-refractivity contribution < 1.29 is 26.7 Å². The molecule has 0 atom stereocenters. The second kappa shape index (κ2) is 5.93. The maximum Gasteiger partial charge on any atom is 0.422 e. The number of nitrogens with zero attached hydrogens (tertiary/aromatic N) is 3. The first kappa shape index (κ1) is 16.7. The summed E-state index contributed by atoms with van der Waals surface area (Å²) in [5, 5.41) is 7.72.